The van der Waals surface area contributed by atoms with Gasteiger partial charge in [-0.2, -0.15) is 0 Å². The quantitative estimate of drug-likeness (QED) is 0.371. The van der Waals surface area contributed by atoms with Crippen LogP contribution in [-0.2, 0) is 28.6 Å². The SMILES string of the molecule is COC(=O)CCC1=[N+]([O-])OC(OC2CCCCC2c2ccccc2)C(OC(C)=O)C1c1ccc(F)cc1. The summed E-state index contributed by atoms with van der Waals surface area (Å²) in [5, 5.41) is 13.2. The van der Waals surface area contributed by atoms with E-state index in [1.807, 2.05) is 18.2 Å². The van der Waals surface area contributed by atoms with E-state index in [2.05, 4.69) is 12.1 Å². The molecule has 0 bridgehead atoms. The molecular weight excluding hydrogens is 481 g/mol. The van der Waals surface area contributed by atoms with Crippen LogP contribution in [0.15, 0.2) is 54.6 Å². The van der Waals surface area contributed by atoms with E-state index in [-0.39, 0.29) is 30.6 Å². The molecule has 9 heteroatoms. The van der Waals surface area contributed by atoms with Gasteiger partial charge in [0.15, 0.2) is 6.10 Å². The van der Waals surface area contributed by atoms with Crippen molar-refractivity contribution in [2.75, 3.05) is 7.11 Å². The highest BCUT2D eigenvalue weighted by Gasteiger charge is 2.47. The van der Waals surface area contributed by atoms with Crippen LogP contribution in [0.1, 0.15) is 68.4 Å². The molecule has 0 aromatic heterocycles. The second kappa shape index (κ2) is 12.2. The summed E-state index contributed by atoms with van der Waals surface area (Å²) in [4.78, 5) is 30.1. The molecule has 0 amide bonds. The molecule has 5 unspecified atom stereocenters. The van der Waals surface area contributed by atoms with E-state index in [1.54, 1.807) is 0 Å². The summed E-state index contributed by atoms with van der Waals surface area (Å²) < 4.78 is 30.6. The maximum Gasteiger partial charge on any atom is 0.306 e. The van der Waals surface area contributed by atoms with Crippen LogP contribution in [0.5, 0.6) is 0 Å². The Bertz CT molecular complexity index is 1110. The Balaban J connectivity index is 1.69. The van der Waals surface area contributed by atoms with Gasteiger partial charge in [-0.05, 0) is 36.1 Å². The first-order valence-electron chi connectivity index (χ1n) is 12.6. The average Bonchev–Trinajstić information content (AvgIpc) is 2.90. The Hall–Kier alpha value is -3.46. The van der Waals surface area contributed by atoms with Crippen LogP contribution in [0, 0.1) is 11.0 Å². The molecule has 0 spiro atoms. The lowest BCUT2D eigenvalue weighted by Crippen LogP contribution is -2.52. The maximum atomic E-state index is 13.7. The molecule has 5 atom stereocenters. The molecule has 0 N–H and O–H groups in total. The van der Waals surface area contributed by atoms with Crippen molar-refractivity contribution in [3.8, 4) is 0 Å². The molecule has 4 rings (SSSR count). The van der Waals surface area contributed by atoms with Gasteiger partial charge < -0.3 is 19.0 Å². The second-order valence-corrected chi connectivity index (χ2v) is 9.38. The minimum atomic E-state index is -1.20. The van der Waals surface area contributed by atoms with Crippen molar-refractivity contribution >= 4 is 17.7 Å². The number of hydrogen-bond acceptors (Lipinski definition) is 7. The van der Waals surface area contributed by atoms with Gasteiger partial charge in [0.1, 0.15) is 11.7 Å². The molecule has 1 aliphatic carbocycles. The zero-order valence-corrected chi connectivity index (χ0v) is 21.0. The number of esters is 2. The molecule has 1 fully saturated rings. The third kappa shape index (κ3) is 6.46. The molecule has 1 heterocycles. The number of benzene rings is 2. The van der Waals surface area contributed by atoms with Crippen LogP contribution in [0.25, 0.3) is 0 Å². The molecule has 2 aromatic carbocycles. The van der Waals surface area contributed by atoms with Crippen molar-refractivity contribution in [1.82, 2.24) is 0 Å². The number of carbonyl (C=O) groups excluding carboxylic acids is 2. The fraction of sp³-hybridized carbons (Fsp3) is 0.464. The van der Waals surface area contributed by atoms with Gasteiger partial charge in [-0.1, -0.05) is 55.3 Å². The Morgan fingerprint density at radius 1 is 1.05 bits per heavy atom. The van der Waals surface area contributed by atoms with Crippen LogP contribution >= 0.6 is 0 Å². The van der Waals surface area contributed by atoms with Crippen molar-refractivity contribution in [3.63, 3.8) is 0 Å². The maximum absolute atomic E-state index is 13.7. The van der Waals surface area contributed by atoms with Crippen LogP contribution in [0.4, 0.5) is 4.39 Å². The molecule has 37 heavy (non-hydrogen) atoms. The number of halogens is 1. The van der Waals surface area contributed by atoms with Gasteiger partial charge >= 0.3 is 11.9 Å². The summed E-state index contributed by atoms with van der Waals surface area (Å²) in [7, 11) is 1.26. The topological polar surface area (TPSA) is 97.1 Å². The van der Waals surface area contributed by atoms with Gasteiger partial charge in [-0.3, -0.25) is 14.8 Å². The van der Waals surface area contributed by atoms with Gasteiger partial charge in [0.05, 0.1) is 19.6 Å². The lowest BCUT2D eigenvalue weighted by Gasteiger charge is -2.41. The number of rotatable bonds is 8. The fourth-order valence-electron chi connectivity index (χ4n) is 5.24. The highest BCUT2D eigenvalue weighted by molar-refractivity contribution is 5.90. The Labute approximate surface area is 215 Å². The summed E-state index contributed by atoms with van der Waals surface area (Å²) in [6.45, 7) is 1.27. The van der Waals surface area contributed by atoms with Crippen LogP contribution in [-0.4, -0.2) is 48.2 Å². The van der Waals surface area contributed by atoms with Crippen molar-refractivity contribution in [3.05, 3.63) is 76.7 Å². The first kappa shape index (κ1) is 26.6. The summed E-state index contributed by atoms with van der Waals surface area (Å²) in [5.74, 6) is -2.26. The normalized spacial score (nSPS) is 25.8. The smallest absolute Gasteiger partial charge is 0.306 e. The molecule has 0 radical (unpaired) electrons. The largest absolute Gasteiger partial charge is 0.469 e. The Morgan fingerprint density at radius 2 is 1.76 bits per heavy atom. The molecular formula is C28H32FNO7. The molecule has 1 aliphatic heterocycles. The number of ether oxygens (including phenoxy) is 3. The molecule has 2 aliphatic rings. The summed E-state index contributed by atoms with van der Waals surface area (Å²) in [5.41, 5.74) is 1.83. The Morgan fingerprint density at radius 3 is 2.43 bits per heavy atom. The van der Waals surface area contributed by atoms with Crippen molar-refractivity contribution < 1.29 is 37.9 Å². The average molecular weight is 514 g/mol. The van der Waals surface area contributed by atoms with E-state index in [9.17, 15) is 19.2 Å². The third-order valence-corrected chi connectivity index (χ3v) is 6.97. The van der Waals surface area contributed by atoms with E-state index in [4.69, 9.17) is 19.0 Å². The standard InChI is InChI=1S/C28H32FNO7/c1-18(31)35-27-26(20-12-14-21(29)15-13-20)23(16-17-25(32)34-2)30(33)37-28(27)36-24-11-7-6-10-22(24)19-8-4-3-5-9-19/h3-5,8-9,12-15,22,24,26-28H,6-7,10-11,16-17H2,1-2H3. The molecule has 198 valence electrons. The van der Waals surface area contributed by atoms with Crippen LogP contribution in [0.3, 0.4) is 0 Å². The predicted octanol–water partition coefficient (Wildman–Crippen LogP) is 4.76. The highest BCUT2D eigenvalue weighted by Crippen LogP contribution is 2.39. The molecule has 2 aromatic rings. The first-order chi connectivity index (χ1) is 17.9. The van der Waals surface area contributed by atoms with E-state index < -0.39 is 36.1 Å². The molecule has 8 nitrogen and oxygen atoms in total. The second-order valence-electron chi connectivity index (χ2n) is 9.38. The van der Waals surface area contributed by atoms with Gasteiger partial charge in [0.25, 0.3) is 0 Å². The number of carbonyl (C=O) groups is 2. The lowest BCUT2D eigenvalue weighted by atomic mass is 9.81. The van der Waals surface area contributed by atoms with Gasteiger partial charge in [0, 0.05) is 24.2 Å². The number of methoxy groups -OCH3 is 1. The lowest BCUT2D eigenvalue weighted by molar-refractivity contribution is -0.776. The highest BCUT2D eigenvalue weighted by atomic mass is 19.1. The summed E-state index contributed by atoms with van der Waals surface area (Å²) in [6.07, 6.45) is 1.10. The number of nitrogens with zero attached hydrogens (tertiary/aromatic N) is 1. The fourth-order valence-corrected chi connectivity index (χ4v) is 5.24. The van der Waals surface area contributed by atoms with Gasteiger partial charge in [-0.25, -0.2) is 4.39 Å². The minimum absolute atomic E-state index is 0.00122. The van der Waals surface area contributed by atoms with Crippen LogP contribution in [0.2, 0.25) is 0 Å². The van der Waals surface area contributed by atoms with Gasteiger partial charge in [-0.15, -0.1) is 0 Å². The van der Waals surface area contributed by atoms with Crippen molar-refractivity contribution in [1.29, 1.82) is 0 Å². The van der Waals surface area contributed by atoms with E-state index >= 15 is 0 Å². The zero-order chi connectivity index (χ0) is 26.4. The monoisotopic (exact) mass is 513 g/mol. The summed E-state index contributed by atoms with van der Waals surface area (Å²) in [6, 6.07) is 15.6. The van der Waals surface area contributed by atoms with Crippen LogP contribution < -0.4 is 0 Å². The van der Waals surface area contributed by atoms with Crippen molar-refractivity contribution in [2.45, 2.75) is 75.8 Å². The third-order valence-electron chi connectivity index (χ3n) is 6.97. The van der Waals surface area contributed by atoms with Crippen molar-refractivity contribution in [2.24, 2.45) is 0 Å². The zero-order valence-electron chi connectivity index (χ0n) is 21.0. The van der Waals surface area contributed by atoms with E-state index in [1.165, 1.54) is 38.3 Å². The molecule has 1 saturated carbocycles. The van der Waals surface area contributed by atoms with E-state index in [0.29, 0.717) is 10.5 Å². The van der Waals surface area contributed by atoms with E-state index in [0.717, 1.165) is 31.2 Å². The summed E-state index contributed by atoms with van der Waals surface area (Å²) >= 11 is 0. The van der Waals surface area contributed by atoms with Gasteiger partial charge in [0.2, 0.25) is 12.0 Å². The molecule has 0 saturated heterocycles. The minimum Gasteiger partial charge on any atom is -0.469 e. The first-order valence-corrected chi connectivity index (χ1v) is 12.6. The Kier molecular flexibility index (Phi) is 8.76. The predicted molar refractivity (Wildman–Crippen MR) is 132 cm³/mol. The number of hydrogen-bond donors (Lipinski definition) is 0.